The third-order valence-electron chi connectivity index (χ3n) is 2.79. The average molecular weight is 332 g/mol. The molecule has 0 heterocycles. The van der Waals surface area contributed by atoms with Gasteiger partial charge in [0.2, 0.25) is 11.8 Å². The number of rotatable bonds is 4. The fourth-order valence-corrected chi connectivity index (χ4v) is 1.50. The lowest BCUT2D eigenvalue weighted by molar-refractivity contribution is -0.274. The van der Waals surface area contributed by atoms with Gasteiger partial charge in [0.15, 0.2) is 5.75 Å². The summed E-state index contributed by atoms with van der Waals surface area (Å²) < 4.78 is 40.8. The van der Waals surface area contributed by atoms with Gasteiger partial charge in [-0.05, 0) is 19.1 Å². The molecule has 128 valence electrons. The summed E-state index contributed by atoms with van der Waals surface area (Å²) in [5.74, 6) is -1.52. The molecule has 8 heteroatoms. The van der Waals surface area contributed by atoms with Gasteiger partial charge in [0.25, 0.3) is 0 Å². The molecule has 2 N–H and O–H groups in total. The molecular formula is C15H19F3N2O3. The Morgan fingerprint density at radius 1 is 1.13 bits per heavy atom. The van der Waals surface area contributed by atoms with E-state index in [4.69, 9.17) is 0 Å². The largest absolute Gasteiger partial charge is 0.573 e. The SMILES string of the molecule is CC(NC(=O)C(C)(C)C)C(=O)Nc1ccccc1OC(F)(F)F. The normalized spacial score (nSPS) is 13.2. The third kappa shape index (κ3) is 6.17. The van der Waals surface area contributed by atoms with Crippen LogP contribution in [0.3, 0.4) is 0 Å². The van der Waals surface area contributed by atoms with Gasteiger partial charge in [-0.2, -0.15) is 0 Å². The molecule has 0 radical (unpaired) electrons. The van der Waals surface area contributed by atoms with E-state index in [0.29, 0.717) is 0 Å². The molecule has 0 saturated carbocycles. The Morgan fingerprint density at radius 2 is 1.70 bits per heavy atom. The Bertz CT molecular complexity index is 580. The Kier molecular flexibility index (Phi) is 5.63. The van der Waals surface area contributed by atoms with E-state index in [1.807, 2.05) is 0 Å². The van der Waals surface area contributed by atoms with Gasteiger partial charge in [-0.25, -0.2) is 0 Å². The maximum absolute atomic E-state index is 12.3. The summed E-state index contributed by atoms with van der Waals surface area (Å²) >= 11 is 0. The predicted octanol–water partition coefficient (Wildman–Crippen LogP) is 3.07. The van der Waals surface area contributed by atoms with Crippen LogP contribution < -0.4 is 15.4 Å². The first-order valence-corrected chi connectivity index (χ1v) is 6.87. The fourth-order valence-electron chi connectivity index (χ4n) is 1.50. The van der Waals surface area contributed by atoms with Crippen LogP contribution in [0, 0.1) is 5.41 Å². The van der Waals surface area contributed by atoms with Crippen LogP contribution in [0.2, 0.25) is 0 Å². The second-order valence-electron chi connectivity index (χ2n) is 5.98. The summed E-state index contributed by atoms with van der Waals surface area (Å²) in [5, 5.41) is 4.80. The molecule has 1 unspecified atom stereocenters. The van der Waals surface area contributed by atoms with E-state index in [1.54, 1.807) is 20.8 Å². The zero-order chi connectivity index (χ0) is 17.8. The Labute approximate surface area is 132 Å². The number of benzene rings is 1. The molecule has 1 rings (SSSR count). The van der Waals surface area contributed by atoms with Crippen LogP contribution >= 0.6 is 0 Å². The van der Waals surface area contributed by atoms with Crippen LogP contribution in [-0.2, 0) is 9.59 Å². The average Bonchev–Trinajstić information content (AvgIpc) is 2.38. The van der Waals surface area contributed by atoms with Crippen molar-refractivity contribution >= 4 is 17.5 Å². The minimum Gasteiger partial charge on any atom is -0.404 e. The summed E-state index contributed by atoms with van der Waals surface area (Å²) in [4.78, 5) is 23.9. The van der Waals surface area contributed by atoms with E-state index in [0.717, 1.165) is 6.07 Å². The molecule has 0 spiro atoms. The summed E-state index contributed by atoms with van der Waals surface area (Å²) in [5.41, 5.74) is -0.821. The Morgan fingerprint density at radius 3 is 2.22 bits per heavy atom. The Balaban J connectivity index is 2.80. The van der Waals surface area contributed by atoms with Crippen molar-refractivity contribution in [3.8, 4) is 5.75 Å². The van der Waals surface area contributed by atoms with Crippen LogP contribution in [0.4, 0.5) is 18.9 Å². The van der Waals surface area contributed by atoms with Gasteiger partial charge in [-0.15, -0.1) is 13.2 Å². The highest BCUT2D eigenvalue weighted by atomic mass is 19.4. The van der Waals surface area contributed by atoms with Crippen LogP contribution in [0.25, 0.3) is 0 Å². The highest BCUT2D eigenvalue weighted by Gasteiger charge is 2.32. The molecule has 0 fully saturated rings. The Hall–Kier alpha value is -2.25. The van der Waals surface area contributed by atoms with Crippen LogP contribution in [0.5, 0.6) is 5.75 Å². The van der Waals surface area contributed by atoms with Gasteiger partial charge in [0, 0.05) is 5.41 Å². The van der Waals surface area contributed by atoms with E-state index in [-0.39, 0.29) is 11.6 Å². The minimum absolute atomic E-state index is 0.133. The molecule has 5 nitrogen and oxygen atoms in total. The van der Waals surface area contributed by atoms with E-state index < -0.39 is 29.5 Å². The molecule has 0 bridgehead atoms. The molecule has 0 saturated heterocycles. The molecule has 2 amide bonds. The van der Waals surface area contributed by atoms with Gasteiger partial charge in [-0.3, -0.25) is 9.59 Å². The van der Waals surface area contributed by atoms with Crippen molar-refractivity contribution in [2.75, 3.05) is 5.32 Å². The van der Waals surface area contributed by atoms with Crippen molar-refractivity contribution in [2.24, 2.45) is 5.41 Å². The molecule has 0 aliphatic heterocycles. The molecule has 0 aliphatic carbocycles. The summed E-state index contributed by atoms with van der Waals surface area (Å²) in [7, 11) is 0. The number of carbonyl (C=O) groups excluding carboxylic acids is 2. The number of anilines is 1. The summed E-state index contributed by atoms with van der Waals surface area (Å²) in [6, 6.07) is 4.25. The number of amides is 2. The fraction of sp³-hybridized carbons (Fsp3) is 0.467. The zero-order valence-electron chi connectivity index (χ0n) is 13.2. The van der Waals surface area contributed by atoms with Crippen molar-refractivity contribution in [1.29, 1.82) is 0 Å². The van der Waals surface area contributed by atoms with E-state index in [9.17, 15) is 22.8 Å². The topological polar surface area (TPSA) is 67.4 Å². The van der Waals surface area contributed by atoms with Gasteiger partial charge < -0.3 is 15.4 Å². The third-order valence-corrected chi connectivity index (χ3v) is 2.79. The van der Waals surface area contributed by atoms with Gasteiger partial charge in [-0.1, -0.05) is 32.9 Å². The lowest BCUT2D eigenvalue weighted by atomic mass is 9.95. The number of ether oxygens (including phenoxy) is 1. The molecular weight excluding hydrogens is 313 g/mol. The number of hydrogen-bond donors (Lipinski definition) is 2. The molecule has 1 aromatic carbocycles. The van der Waals surface area contributed by atoms with E-state index in [2.05, 4.69) is 15.4 Å². The standard InChI is InChI=1S/C15H19F3N2O3/c1-9(19-13(22)14(2,3)4)12(21)20-10-7-5-6-8-11(10)23-15(16,17)18/h5-9H,1-4H3,(H,19,22)(H,20,21). The van der Waals surface area contributed by atoms with E-state index >= 15 is 0 Å². The zero-order valence-corrected chi connectivity index (χ0v) is 13.2. The number of nitrogens with one attached hydrogen (secondary N) is 2. The second-order valence-corrected chi connectivity index (χ2v) is 5.98. The maximum Gasteiger partial charge on any atom is 0.573 e. The lowest BCUT2D eigenvalue weighted by Crippen LogP contribution is -2.46. The van der Waals surface area contributed by atoms with Gasteiger partial charge in [0.1, 0.15) is 6.04 Å². The number of hydrogen-bond acceptors (Lipinski definition) is 3. The first kappa shape index (κ1) is 18.8. The van der Waals surface area contributed by atoms with Crippen LogP contribution in [0.1, 0.15) is 27.7 Å². The monoisotopic (exact) mass is 332 g/mol. The number of para-hydroxylation sites is 2. The van der Waals surface area contributed by atoms with Crippen LogP contribution in [0.15, 0.2) is 24.3 Å². The molecule has 23 heavy (non-hydrogen) atoms. The first-order valence-electron chi connectivity index (χ1n) is 6.87. The maximum atomic E-state index is 12.3. The highest BCUT2D eigenvalue weighted by molar-refractivity contribution is 5.98. The number of alkyl halides is 3. The van der Waals surface area contributed by atoms with Gasteiger partial charge in [0.05, 0.1) is 5.69 Å². The lowest BCUT2D eigenvalue weighted by Gasteiger charge is -2.22. The smallest absolute Gasteiger partial charge is 0.404 e. The van der Waals surface area contributed by atoms with Crippen LogP contribution in [-0.4, -0.2) is 24.2 Å². The summed E-state index contributed by atoms with van der Waals surface area (Å²) in [6.45, 7) is 6.48. The van der Waals surface area contributed by atoms with Crippen molar-refractivity contribution in [1.82, 2.24) is 5.32 Å². The predicted molar refractivity (Wildman–Crippen MR) is 78.8 cm³/mol. The first-order chi connectivity index (χ1) is 10.4. The van der Waals surface area contributed by atoms with E-state index in [1.165, 1.54) is 25.1 Å². The van der Waals surface area contributed by atoms with Crippen molar-refractivity contribution in [2.45, 2.75) is 40.1 Å². The summed E-state index contributed by atoms with van der Waals surface area (Å²) in [6.07, 6.45) is -4.87. The highest BCUT2D eigenvalue weighted by Crippen LogP contribution is 2.29. The second kappa shape index (κ2) is 6.89. The van der Waals surface area contributed by atoms with Crippen molar-refractivity contribution in [3.05, 3.63) is 24.3 Å². The minimum atomic E-state index is -4.87. The molecule has 1 atom stereocenters. The van der Waals surface area contributed by atoms with Crippen molar-refractivity contribution < 1.29 is 27.5 Å². The number of carbonyl (C=O) groups is 2. The number of halogens is 3. The molecule has 0 aliphatic rings. The van der Waals surface area contributed by atoms with Crippen molar-refractivity contribution in [3.63, 3.8) is 0 Å². The molecule has 0 aromatic heterocycles. The van der Waals surface area contributed by atoms with Gasteiger partial charge >= 0.3 is 6.36 Å². The quantitative estimate of drug-likeness (QED) is 0.890. The molecule has 1 aromatic rings.